The average molecular weight is 493 g/mol. The molecule has 0 spiro atoms. The Hall–Kier alpha value is -2.62. The van der Waals surface area contributed by atoms with E-state index in [9.17, 15) is 9.59 Å². The Bertz CT molecular complexity index is 841. The van der Waals surface area contributed by atoms with Gasteiger partial charge in [-0.25, -0.2) is 0 Å². The number of amides is 2. The molecule has 0 saturated carbocycles. The van der Waals surface area contributed by atoms with Crippen molar-refractivity contribution in [3.63, 3.8) is 0 Å². The lowest BCUT2D eigenvalue weighted by Crippen LogP contribution is -2.43. The van der Waals surface area contributed by atoms with Crippen molar-refractivity contribution in [3.8, 4) is 0 Å². The molecule has 1 heterocycles. The first-order chi connectivity index (χ1) is 13.2. The molecule has 3 rings (SSSR count). The van der Waals surface area contributed by atoms with Crippen LogP contribution < -0.4 is 21.3 Å². The fraction of sp³-hybridized carbons (Fsp3) is 0.250. The van der Waals surface area contributed by atoms with Crippen LogP contribution in [0.3, 0.4) is 0 Å². The highest BCUT2D eigenvalue weighted by Crippen LogP contribution is 2.31. The molecule has 4 N–H and O–H groups in total. The third-order valence-electron chi connectivity index (χ3n) is 4.32. The van der Waals surface area contributed by atoms with Crippen LogP contribution in [-0.2, 0) is 9.59 Å². The van der Waals surface area contributed by atoms with Crippen LogP contribution in [0.15, 0.2) is 59.6 Å². The molecular weight excluding hydrogens is 469 g/mol. The van der Waals surface area contributed by atoms with Gasteiger partial charge in [-0.05, 0) is 23.8 Å². The van der Waals surface area contributed by atoms with Crippen LogP contribution in [0.2, 0.25) is 0 Å². The van der Waals surface area contributed by atoms with Crippen molar-refractivity contribution in [2.45, 2.75) is 12.3 Å². The van der Waals surface area contributed by atoms with Gasteiger partial charge in [0.05, 0.1) is 6.54 Å². The van der Waals surface area contributed by atoms with Gasteiger partial charge in [0, 0.05) is 37.3 Å². The first-order valence-electron chi connectivity index (χ1n) is 8.84. The number of carbonyl (C=O) groups is 2. The summed E-state index contributed by atoms with van der Waals surface area (Å²) in [5.41, 5.74) is 2.70. The summed E-state index contributed by atoms with van der Waals surface area (Å²) in [6, 6.07) is 17.1. The maximum atomic E-state index is 12.0. The molecule has 7 nitrogen and oxygen atoms in total. The first kappa shape index (κ1) is 21.7. The number of nitrogens with zero attached hydrogens (tertiary/aromatic N) is 1. The second kappa shape index (κ2) is 10.6. The van der Waals surface area contributed by atoms with Gasteiger partial charge in [0.1, 0.15) is 0 Å². The van der Waals surface area contributed by atoms with Gasteiger partial charge in [-0.2, -0.15) is 0 Å². The van der Waals surface area contributed by atoms with E-state index in [4.69, 9.17) is 0 Å². The standard InChI is InChI=1S/C20H23N5O2.HI/c1-21-20(23-13-19(27)24-15-7-3-2-4-8-15)22-12-14-11-18(26)25-17-10-6-5-9-16(14)17;/h2-10,14H,11-13H2,1H3,(H,24,27)(H,25,26)(H2,21,22,23);1H. The van der Waals surface area contributed by atoms with Crippen LogP contribution in [0.25, 0.3) is 0 Å². The minimum atomic E-state index is -0.161. The van der Waals surface area contributed by atoms with Crippen molar-refractivity contribution in [1.82, 2.24) is 10.6 Å². The molecule has 1 atom stereocenters. The summed E-state index contributed by atoms with van der Waals surface area (Å²) in [5.74, 6) is 0.408. The highest BCUT2D eigenvalue weighted by atomic mass is 127. The second-order valence-corrected chi connectivity index (χ2v) is 6.26. The molecule has 0 saturated heterocycles. The van der Waals surface area contributed by atoms with Crippen LogP contribution in [0, 0.1) is 0 Å². The van der Waals surface area contributed by atoms with E-state index < -0.39 is 0 Å². The highest BCUT2D eigenvalue weighted by Gasteiger charge is 2.24. The predicted octanol–water partition coefficient (Wildman–Crippen LogP) is 2.53. The van der Waals surface area contributed by atoms with Gasteiger partial charge < -0.3 is 21.3 Å². The lowest BCUT2D eigenvalue weighted by molar-refractivity contribution is -0.117. The van der Waals surface area contributed by atoms with E-state index in [1.807, 2.05) is 54.6 Å². The van der Waals surface area contributed by atoms with Crippen molar-refractivity contribution in [3.05, 3.63) is 60.2 Å². The van der Waals surface area contributed by atoms with Crippen LogP contribution in [0.1, 0.15) is 17.9 Å². The number of hydrogen-bond donors (Lipinski definition) is 4. The molecular formula is C20H24IN5O2. The molecule has 0 aromatic heterocycles. The molecule has 2 aromatic rings. The number of fused-ring (bicyclic) bond motifs is 1. The Morgan fingerprint density at radius 1 is 1.11 bits per heavy atom. The zero-order valence-electron chi connectivity index (χ0n) is 15.6. The monoisotopic (exact) mass is 493 g/mol. The zero-order valence-corrected chi connectivity index (χ0v) is 17.9. The summed E-state index contributed by atoms with van der Waals surface area (Å²) in [6.45, 7) is 0.640. The fourth-order valence-corrected chi connectivity index (χ4v) is 3.02. The van der Waals surface area contributed by atoms with E-state index in [0.717, 1.165) is 16.9 Å². The van der Waals surface area contributed by atoms with Gasteiger partial charge in [-0.1, -0.05) is 36.4 Å². The maximum Gasteiger partial charge on any atom is 0.243 e. The van der Waals surface area contributed by atoms with Gasteiger partial charge in [0.15, 0.2) is 5.96 Å². The fourth-order valence-electron chi connectivity index (χ4n) is 3.02. The summed E-state index contributed by atoms with van der Waals surface area (Å²) >= 11 is 0. The van der Waals surface area contributed by atoms with Crippen LogP contribution in [-0.4, -0.2) is 37.9 Å². The minimum absolute atomic E-state index is 0. The number of guanidine groups is 1. The second-order valence-electron chi connectivity index (χ2n) is 6.26. The number of hydrogen-bond acceptors (Lipinski definition) is 3. The molecule has 0 aliphatic carbocycles. The van der Waals surface area contributed by atoms with Crippen molar-refractivity contribution < 1.29 is 9.59 Å². The third-order valence-corrected chi connectivity index (χ3v) is 4.32. The molecule has 1 aliphatic heterocycles. The Morgan fingerprint density at radius 3 is 2.57 bits per heavy atom. The number of anilines is 2. The summed E-state index contributed by atoms with van der Waals surface area (Å²) in [6.07, 6.45) is 0.412. The molecule has 0 bridgehead atoms. The summed E-state index contributed by atoms with van der Waals surface area (Å²) in [5, 5.41) is 11.9. The number of halogens is 1. The van der Waals surface area contributed by atoms with E-state index in [-0.39, 0.29) is 48.3 Å². The van der Waals surface area contributed by atoms with Gasteiger partial charge in [-0.15, -0.1) is 24.0 Å². The molecule has 1 aliphatic rings. The van der Waals surface area contributed by atoms with Crippen LogP contribution in [0.4, 0.5) is 11.4 Å². The lowest BCUT2D eigenvalue weighted by atomic mass is 9.90. The molecule has 28 heavy (non-hydrogen) atoms. The molecule has 8 heteroatoms. The average Bonchev–Trinajstić information content (AvgIpc) is 2.68. The minimum Gasteiger partial charge on any atom is -0.356 e. The molecule has 1 unspecified atom stereocenters. The SMILES string of the molecule is CN=C(NCC(=O)Nc1ccccc1)NCC1CC(=O)Nc2ccccc21.I. The van der Waals surface area contributed by atoms with E-state index >= 15 is 0 Å². The Balaban J connectivity index is 0.00000280. The van der Waals surface area contributed by atoms with Crippen LogP contribution in [0.5, 0.6) is 0 Å². The zero-order chi connectivity index (χ0) is 19.1. The number of carbonyl (C=O) groups excluding carboxylic acids is 2. The van der Waals surface area contributed by atoms with E-state index in [2.05, 4.69) is 26.3 Å². The van der Waals surface area contributed by atoms with Crippen molar-refractivity contribution in [2.75, 3.05) is 30.8 Å². The summed E-state index contributed by atoms with van der Waals surface area (Å²) in [4.78, 5) is 28.1. The molecule has 2 amide bonds. The van der Waals surface area contributed by atoms with Crippen molar-refractivity contribution in [1.29, 1.82) is 0 Å². The largest absolute Gasteiger partial charge is 0.356 e. The number of benzene rings is 2. The topological polar surface area (TPSA) is 94.6 Å². The number of aliphatic imine (C=N–C) groups is 1. The van der Waals surface area contributed by atoms with Gasteiger partial charge in [0.25, 0.3) is 0 Å². The van der Waals surface area contributed by atoms with Gasteiger partial charge in [-0.3, -0.25) is 14.6 Å². The third kappa shape index (κ3) is 5.95. The summed E-state index contributed by atoms with van der Waals surface area (Å²) in [7, 11) is 1.64. The van der Waals surface area contributed by atoms with E-state index in [0.29, 0.717) is 18.9 Å². The van der Waals surface area contributed by atoms with Crippen molar-refractivity contribution >= 4 is 53.1 Å². The quantitative estimate of drug-likeness (QED) is 0.293. The van der Waals surface area contributed by atoms with E-state index in [1.165, 1.54) is 0 Å². The van der Waals surface area contributed by atoms with Crippen LogP contribution >= 0.6 is 24.0 Å². The number of nitrogens with one attached hydrogen (secondary N) is 4. The van der Waals surface area contributed by atoms with Crippen molar-refractivity contribution in [2.24, 2.45) is 4.99 Å². The Labute approximate surface area is 181 Å². The normalized spacial score (nSPS) is 15.5. The predicted molar refractivity (Wildman–Crippen MR) is 122 cm³/mol. The number of para-hydroxylation sites is 2. The Morgan fingerprint density at radius 2 is 1.82 bits per heavy atom. The first-order valence-corrected chi connectivity index (χ1v) is 8.84. The molecule has 2 aromatic carbocycles. The highest BCUT2D eigenvalue weighted by molar-refractivity contribution is 14.0. The summed E-state index contributed by atoms with van der Waals surface area (Å²) < 4.78 is 0. The molecule has 0 fully saturated rings. The molecule has 0 radical (unpaired) electrons. The van der Waals surface area contributed by atoms with E-state index in [1.54, 1.807) is 7.05 Å². The maximum absolute atomic E-state index is 12.0. The Kier molecular flexibility index (Phi) is 8.24. The van der Waals surface area contributed by atoms with Gasteiger partial charge >= 0.3 is 0 Å². The number of rotatable bonds is 5. The smallest absolute Gasteiger partial charge is 0.243 e. The molecule has 148 valence electrons. The van der Waals surface area contributed by atoms with Gasteiger partial charge in [0.2, 0.25) is 11.8 Å². The lowest BCUT2D eigenvalue weighted by Gasteiger charge is -2.26.